The molecule has 0 heterocycles. The molecule has 0 amide bonds. The van der Waals surface area contributed by atoms with E-state index in [-0.39, 0.29) is 35.0 Å². The summed E-state index contributed by atoms with van der Waals surface area (Å²) >= 11 is 6.07. The molecule has 2 rings (SSSR count). The van der Waals surface area contributed by atoms with E-state index in [0.29, 0.717) is 24.0 Å². The first-order valence-electron chi connectivity index (χ1n) is 9.39. The topological polar surface area (TPSA) is 53.5 Å². The molecule has 1 aromatic rings. The largest absolute Gasteiger partial charge is 0.357 e. The van der Waals surface area contributed by atoms with Crippen molar-refractivity contribution in [1.82, 2.24) is 10.6 Å². The van der Waals surface area contributed by atoms with Crippen LogP contribution in [-0.2, 0) is 17.2 Å². The van der Waals surface area contributed by atoms with Crippen molar-refractivity contribution in [1.29, 1.82) is 0 Å². The Balaban J connectivity index is 0.00000364. The van der Waals surface area contributed by atoms with E-state index in [1.165, 1.54) is 12.1 Å². The lowest BCUT2D eigenvalue weighted by Crippen LogP contribution is -2.46. The van der Waals surface area contributed by atoms with Crippen molar-refractivity contribution in [2.75, 3.05) is 18.8 Å². The lowest BCUT2D eigenvalue weighted by Gasteiger charge is -2.30. The van der Waals surface area contributed by atoms with Crippen LogP contribution in [0.2, 0.25) is 5.02 Å². The van der Waals surface area contributed by atoms with Crippen molar-refractivity contribution in [2.45, 2.75) is 57.2 Å². The SMILES string of the molecule is CCNC(=NCCc1ccc(F)cc1Cl)NC1CCCC(S(=O)CC)C1.I. The number of hydrogen-bond donors (Lipinski definition) is 2. The third kappa shape index (κ3) is 8.23. The van der Waals surface area contributed by atoms with Gasteiger partial charge in [0.1, 0.15) is 5.82 Å². The predicted molar refractivity (Wildman–Crippen MR) is 124 cm³/mol. The summed E-state index contributed by atoms with van der Waals surface area (Å²) in [5, 5.41) is 7.48. The molecular weight excluding hydrogens is 500 g/mol. The fourth-order valence-corrected chi connectivity index (χ4v) is 4.89. The quantitative estimate of drug-likeness (QED) is 0.315. The van der Waals surface area contributed by atoms with Crippen LogP contribution < -0.4 is 10.6 Å². The van der Waals surface area contributed by atoms with Gasteiger partial charge in [-0.2, -0.15) is 0 Å². The molecule has 1 aliphatic rings. The number of aliphatic imine (C=N–C) groups is 1. The Bertz CT molecular complexity index is 647. The average Bonchev–Trinajstić information content (AvgIpc) is 2.63. The summed E-state index contributed by atoms with van der Waals surface area (Å²) in [7, 11) is -0.733. The fourth-order valence-electron chi connectivity index (χ4n) is 3.28. The maximum absolute atomic E-state index is 13.1. The monoisotopic (exact) mass is 529 g/mol. The molecule has 3 atom stereocenters. The first kappa shape index (κ1) is 24.6. The molecule has 0 saturated heterocycles. The van der Waals surface area contributed by atoms with Gasteiger partial charge in [0, 0.05) is 46.0 Å². The van der Waals surface area contributed by atoms with Gasteiger partial charge in [0.2, 0.25) is 0 Å². The number of hydrogen-bond acceptors (Lipinski definition) is 2. The van der Waals surface area contributed by atoms with E-state index >= 15 is 0 Å². The van der Waals surface area contributed by atoms with Crippen LogP contribution in [0.15, 0.2) is 23.2 Å². The molecule has 0 radical (unpaired) electrons. The highest BCUT2D eigenvalue weighted by Crippen LogP contribution is 2.23. The van der Waals surface area contributed by atoms with Crippen molar-refractivity contribution in [2.24, 2.45) is 4.99 Å². The number of guanidine groups is 1. The summed E-state index contributed by atoms with van der Waals surface area (Å²) in [5.74, 6) is 1.18. The zero-order chi connectivity index (χ0) is 18.9. The molecule has 0 aliphatic heterocycles. The normalized spacial score (nSPS) is 21.3. The van der Waals surface area contributed by atoms with Gasteiger partial charge >= 0.3 is 0 Å². The van der Waals surface area contributed by atoms with E-state index in [1.54, 1.807) is 6.07 Å². The maximum atomic E-state index is 13.1. The van der Waals surface area contributed by atoms with Crippen LogP contribution in [0, 0.1) is 5.82 Å². The van der Waals surface area contributed by atoms with Gasteiger partial charge in [0.15, 0.2) is 5.96 Å². The second-order valence-electron chi connectivity index (χ2n) is 6.55. The molecule has 1 aromatic carbocycles. The van der Waals surface area contributed by atoms with Crippen LogP contribution in [0.4, 0.5) is 4.39 Å². The van der Waals surface area contributed by atoms with Crippen LogP contribution in [0.3, 0.4) is 0 Å². The molecule has 0 bridgehead atoms. The Kier molecular flexibility index (Phi) is 11.8. The third-order valence-electron chi connectivity index (χ3n) is 4.63. The van der Waals surface area contributed by atoms with Gasteiger partial charge in [-0.15, -0.1) is 24.0 Å². The van der Waals surface area contributed by atoms with Crippen molar-refractivity contribution in [3.05, 3.63) is 34.6 Å². The third-order valence-corrected chi connectivity index (χ3v) is 6.73. The van der Waals surface area contributed by atoms with E-state index in [4.69, 9.17) is 11.6 Å². The molecule has 154 valence electrons. The highest BCUT2D eigenvalue weighted by molar-refractivity contribution is 14.0. The molecule has 1 aliphatic carbocycles. The molecular formula is C19H30ClFIN3OS. The zero-order valence-electron chi connectivity index (χ0n) is 16.0. The van der Waals surface area contributed by atoms with Crippen molar-refractivity contribution >= 4 is 52.3 Å². The summed E-state index contributed by atoms with van der Waals surface area (Å²) < 4.78 is 25.2. The number of benzene rings is 1. The molecule has 27 heavy (non-hydrogen) atoms. The Labute approximate surface area is 186 Å². The number of nitrogens with zero attached hydrogens (tertiary/aromatic N) is 1. The van der Waals surface area contributed by atoms with Crippen LogP contribution >= 0.6 is 35.6 Å². The Hall–Kier alpha value is -0.410. The molecule has 3 unspecified atom stereocenters. The summed E-state index contributed by atoms with van der Waals surface area (Å²) in [6, 6.07) is 4.76. The van der Waals surface area contributed by atoms with Gasteiger partial charge in [-0.05, 0) is 50.3 Å². The van der Waals surface area contributed by atoms with E-state index in [1.807, 2.05) is 13.8 Å². The van der Waals surface area contributed by atoms with Crippen LogP contribution in [-0.4, -0.2) is 40.3 Å². The summed E-state index contributed by atoms with van der Waals surface area (Å²) in [5.41, 5.74) is 0.892. The van der Waals surface area contributed by atoms with E-state index in [9.17, 15) is 8.60 Å². The van der Waals surface area contributed by atoms with Gasteiger partial charge < -0.3 is 10.6 Å². The van der Waals surface area contributed by atoms with Crippen molar-refractivity contribution in [3.8, 4) is 0 Å². The molecule has 0 spiro atoms. The molecule has 0 aromatic heterocycles. The minimum atomic E-state index is -0.733. The Morgan fingerprint density at radius 2 is 2.15 bits per heavy atom. The standard InChI is InChI=1S/C19H29ClFN3OS.HI/c1-3-22-19(23-11-10-14-8-9-15(21)12-18(14)20)24-16-6-5-7-17(13-16)26(25)4-2;/h8-9,12,16-17H,3-7,10-11,13H2,1-2H3,(H2,22,23,24);1H. The average molecular weight is 530 g/mol. The predicted octanol–water partition coefficient (Wildman–Crippen LogP) is 4.27. The second kappa shape index (κ2) is 12.9. The van der Waals surface area contributed by atoms with Crippen LogP contribution in [0.5, 0.6) is 0 Å². The van der Waals surface area contributed by atoms with Crippen LogP contribution in [0.1, 0.15) is 45.1 Å². The van der Waals surface area contributed by atoms with E-state index in [2.05, 4.69) is 15.6 Å². The minimum Gasteiger partial charge on any atom is -0.357 e. The summed E-state index contributed by atoms with van der Waals surface area (Å²) in [4.78, 5) is 4.62. The first-order valence-corrected chi connectivity index (χ1v) is 11.1. The van der Waals surface area contributed by atoms with Crippen molar-refractivity contribution < 1.29 is 8.60 Å². The Morgan fingerprint density at radius 3 is 2.81 bits per heavy atom. The molecule has 1 saturated carbocycles. The molecule has 1 fully saturated rings. The maximum Gasteiger partial charge on any atom is 0.191 e. The van der Waals surface area contributed by atoms with Gasteiger partial charge in [-0.3, -0.25) is 9.20 Å². The Morgan fingerprint density at radius 1 is 1.37 bits per heavy atom. The van der Waals surface area contributed by atoms with E-state index in [0.717, 1.165) is 49.5 Å². The smallest absolute Gasteiger partial charge is 0.191 e. The zero-order valence-corrected chi connectivity index (χ0v) is 19.9. The lowest BCUT2D eigenvalue weighted by molar-refractivity contribution is 0.413. The van der Waals surface area contributed by atoms with Gasteiger partial charge in [0.05, 0.1) is 0 Å². The van der Waals surface area contributed by atoms with Gasteiger partial charge in [-0.1, -0.05) is 31.0 Å². The molecule has 8 heteroatoms. The van der Waals surface area contributed by atoms with Crippen LogP contribution in [0.25, 0.3) is 0 Å². The molecule has 4 nitrogen and oxygen atoms in total. The van der Waals surface area contributed by atoms with Gasteiger partial charge in [-0.25, -0.2) is 4.39 Å². The highest BCUT2D eigenvalue weighted by Gasteiger charge is 2.25. The fraction of sp³-hybridized carbons (Fsp3) is 0.632. The lowest BCUT2D eigenvalue weighted by atomic mass is 9.95. The first-order chi connectivity index (χ1) is 12.5. The second-order valence-corrected chi connectivity index (χ2v) is 8.96. The summed E-state index contributed by atoms with van der Waals surface area (Å²) in [6.07, 6.45) is 4.80. The molecule has 2 N–H and O–H groups in total. The number of nitrogens with one attached hydrogen (secondary N) is 2. The number of halogens is 3. The minimum absolute atomic E-state index is 0. The highest BCUT2D eigenvalue weighted by atomic mass is 127. The van der Waals surface area contributed by atoms with Gasteiger partial charge in [0.25, 0.3) is 0 Å². The number of rotatable bonds is 7. The van der Waals surface area contributed by atoms with Crippen molar-refractivity contribution in [3.63, 3.8) is 0 Å². The summed E-state index contributed by atoms with van der Waals surface area (Å²) in [6.45, 7) is 5.36. The van der Waals surface area contributed by atoms with E-state index < -0.39 is 10.8 Å².